The Morgan fingerprint density at radius 2 is 1.41 bits per heavy atom. The van der Waals surface area contributed by atoms with Gasteiger partial charge in [0.2, 0.25) is 0 Å². The molecule has 3 nitrogen and oxygen atoms in total. The lowest BCUT2D eigenvalue weighted by molar-refractivity contribution is -0.160. The molecule has 2 aromatic rings. The van der Waals surface area contributed by atoms with Crippen LogP contribution in [0.4, 0.5) is 0 Å². The van der Waals surface area contributed by atoms with E-state index >= 15 is 0 Å². The first-order valence-corrected chi connectivity index (χ1v) is 13.5. The van der Waals surface area contributed by atoms with E-state index in [-0.39, 0.29) is 23.0 Å². The van der Waals surface area contributed by atoms with Gasteiger partial charge in [-0.3, -0.25) is 4.79 Å². The molecule has 0 bridgehead atoms. The van der Waals surface area contributed by atoms with Crippen LogP contribution in [0.1, 0.15) is 61.3 Å². The Balaban J connectivity index is 2.08. The van der Waals surface area contributed by atoms with E-state index in [0.717, 1.165) is 12.8 Å². The fourth-order valence-corrected chi connectivity index (χ4v) is 9.79. The van der Waals surface area contributed by atoms with Crippen molar-refractivity contribution in [2.75, 3.05) is 0 Å². The summed E-state index contributed by atoms with van der Waals surface area (Å²) >= 11 is 0. The van der Waals surface area contributed by atoms with Crippen LogP contribution in [0, 0.1) is 5.92 Å². The third-order valence-electron chi connectivity index (χ3n) is 6.86. The zero-order chi connectivity index (χ0) is 23.6. The SMILES string of the molecule is CC(=O)OC(C)(C)[C@H]1CC=C(C)[C@H](O[Si](c2ccccc2)(c2ccccc2)C(C)(C)C)C1. The molecule has 172 valence electrons. The molecule has 0 N–H and O–H groups in total. The average molecular weight is 451 g/mol. The highest BCUT2D eigenvalue weighted by atomic mass is 28.4. The Morgan fingerprint density at radius 3 is 1.84 bits per heavy atom. The maximum absolute atomic E-state index is 11.7. The van der Waals surface area contributed by atoms with Gasteiger partial charge in [-0.25, -0.2) is 0 Å². The molecule has 0 aromatic heterocycles. The fraction of sp³-hybridized carbons (Fsp3) is 0.464. The summed E-state index contributed by atoms with van der Waals surface area (Å²) in [6.45, 7) is 14.6. The molecule has 2 aromatic carbocycles. The van der Waals surface area contributed by atoms with Crippen LogP contribution in [0.25, 0.3) is 0 Å². The zero-order valence-electron chi connectivity index (χ0n) is 20.6. The first-order valence-electron chi connectivity index (χ1n) is 11.6. The normalized spacial score (nSPS) is 19.9. The maximum Gasteiger partial charge on any atom is 0.303 e. The summed E-state index contributed by atoms with van der Waals surface area (Å²) in [6, 6.07) is 21.5. The molecule has 2 atom stereocenters. The second-order valence-corrected chi connectivity index (χ2v) is 14.8. The molecular formula is C28H38O3Si. The molecule has 0 spiro atoms. The maximum atomic E-state index is 11.7. The Morgan fingerprint density at radius 1 is 0.906 bits per heavy atom. The van der Waals surface area contributed by atoms with Crippen LogP contribution in [0.2, 0.25) is 5.04 Å². The Kier molecular flexibility index (Phi) is 7.16. The molecule has 3 rings (SSSR count). The van der Waals surface area contributed by atoms with Crippen molar-refractivity contribution in [1.29, 1.82) is 0 Å². The molecule has 32 heavy (non-hydrogen) atoms. The Bertz CT molecular complexity index is 902. The second-order valence-electron chi connectivity index (χ2n) is 10.6. The van der Waals surface area contributed by atoms with E-state index in [1.165, 1.54) is 22.9 Å². The van der Waals surface area contributed by atoms with Gasteiger partial charge in [-0.2, -0.15) is 0 Å². The predicted octanol–water partition coefficient (Wildman–Crippen LogP) is 5.63. The van der Waals surface area contributed by atoms with Crippen LogP contribution in [0.15, 0.2) is 72.3 Å². The first kappa shape index (κ1) is 24.5. The molecule has 0 amide bonds. The minimum atomic E-state index is -2.65. The van der Waals surface area contributed by atoms with Gasteiger partial charge in [-0.05, 0) is 54.6 Å². The molecule has 0 saturated carbocycles. The van der Waals surface area contributed by atoms with Crippen LogP contribution < -0.4 is 10.4 Å². The monoisotopic (exact) mass is 450 g/mol. The van der Waals surface area contributed by atoms with Crippen molar-refractivity contribution >= 4 is 24.7 Å². The van der Waals surface area contributed by atoms with Crippen molar-refractivity contribution in [3.05, 3.63) is 72.3 Å². The molecule has 0 saturated heterocycles. The number of benzene rings is 2. The van der Waals surface area contributed by atoms with Crippen LogP contribution in [0.3, 0.4) is 0 Å². The van der Waals surface area contributed by atoms with Gasteiger partial charge >= 0.3 is 5.97 Å². The van der Waals surface area contributed by atoms with Crippen molar-refractivity contribution in [2.24, 2.45) is 5.92 Å². The quantitative estimate of drug-likeness (QED) is 0.325. The lowest BCUT2D eigenvalue weighted by Gasteiger charge is -2.47. The lowest BCUT2D eigenvalue weighted by Crippen LogP contribution is -2.68. The molecule has 0 unspecified atom stereocenters. The van der Waals surface area contributed by atoms with E-state index in [4.69, 9.17) is 9.16 Å². The van der Waals surface area contributed by atoms with Crippen molar-refractivity contribution in [3.8, 4) is 0 Å². The summed E-state index contributed by atoms with van der Waals surface area (Å²) < 4.78 is 13.1. The van der Waals surface area contributed by atoms with Gasteiger partial charge in [0.25, 0.3) is 8.32 Å². The van der Waals surface area contributed by atoms with E-state index in [1.807, 2.05) is 13.8 Å². The highest BCUT2D eigenvalue weighted by Crippen LogP contribution is 2.42. The van der Waals surface area contributed by atoms with Gasteiger partial charge < -0.3 is 9.16 Å². The fourth-order valence-electron chi connectivity index (χ4n) is 5.07. The van der Waals surface area contributed by atoms with Gasteiger partial charge in [-0.1, -0.05) is 87.5 Å². The Labute approximate surface area is 195 Å². The van der Waals surface area contributed by atoms with Gasteiger partial charge in [0.15, 0.2) is 0 Å². The zero-order valence-corrected chi connectivity index (χ0v) is 21.6. The second kappa shape index (κ2) is 9.36. The number of esters is 1. The van der Waals surface area contributed by atoms with E-state index in [2.05, 4.69) is 94.4 Å². The topological polar surface area (TPSA) is 35.5 Å². The van der Waals surface area contributed by atoms with E-state index < -0.39 is 13.9 Å². The summed E-state index contributed by atoms with van der Waals surface area (Å²) in [7, 11) is -2.65. The summed E-state index contributed by atoms with van der Waals surface area (Å²) in [6.07, 6.45) is 4.00. The molecule has 0 heterocycles. The van der Waals surface area contributed by atoms with Crippen LogP contribution in [-0.4, -0.2) is 26.0 Å². The summed E-state index contributed by atoms with van der Waals surface area (Å²) in [4.78, 5) is 11.7. The molecule has 0 fully saturated rings. The predicted molar refractivity (Wildman–Crippen MR) is 135 cm³/mol. The Hall–Kier alpha value is -2.17. The molecule has 4 heteroatoms. The van der Waals surface area contributed by atoms with Crippen LogP contribution in [-0.2, 0) is 14.0 Å². The molecule has 1 aliphatic rings. The third-order valence-corrected chi connectivity index (χ3v) is 11.9. The van der Waals surface area contributed by atoms with Crippen LogP contribution in [0.5, 0.6) is 0 Å². The third kappa shape index (κ3) is 4.92. The molecule has 1 aliphatic carbocycles. The van der Waals surface area contributed by atoms with E-state index in [0.29, 0.717) is 0 Å². The van der Waals surface area contributed by atoms with Gasteiger partial charge in [-0.15, -0.1) is 0 Å². The standard InChI is InChI=1S/C28H38O3Si/c1-21-18-19-23(28(6,7)30-22(2)29)20-26(21)31-32(27(3,4)5,24-14-10-8-11-15-24)25-16-12-9-13-17-25/h8-18,23,26H,19-20H2,1-7H3/t23-,26+/m0/s1. The highest BCUT2D eigenvalue weighted by Gasteiger charge is 2.52. The van der Waals surface area contributed by atoms with Crippen molar-refractivity contribution in [2.45, 2.75) is 78.1 Å². The minimum Gasteiger partial charge on any atom is -0.460 e. The van der Waals surface area contributed by atoms with Gasteiger partial charge in [0.05, 0.1) is 6.10 Å². The van der Waals surface area contributed by atoms with Gasteiger partial charge in [0, 0.05) is 12.8 Å². The first-order chi connectivity index (χ1) is 15.0. The minimum absolute atomic E-state index is 0.0186. The number of hydrogen-bond acceptors (Lipinski definition) is 3. The van der Waals surface area contributed by atoms with Crippen LogP contribution >= 0.6 is 0 Å². The summed E-state index contributed by atoms with van der Waals surface area (Å²) in [5.74, 6) is -0.0240. The highest BCUT2D eigenvalue weighted by molar-refractivity contribution is 6.99. The van der Waals surface area contributed by atoms with Gasteiger partial charge in [0.1, 0.15) is 5.60 Å². The average Bonchev–Trinajstić information content (AvgIpc) is 2.72. The lowest BCUT2D eigenvalue weighted by atomic mass is 9.78. The van der Waals surface area contributed by atoms with Crippen molar-refractivity contribution < 1.29 is 14.0 Å². The van der Waals surface area contributed by atoms with Crippen molar-refractivity contribution in [1.82, 2.24) is 0 Å². The summed E-state index contributed by atoms with van der Waals surface area (Å²) in [5, 5.41) is 2.50. The van der Waals surface area contributed by atoms with Crippen molar-refractivity contribution in [3.63, 3.8) is 0 Å². The molecular weight excluding hydrogens is 412 g/mol. The molecule has 0 radical (unpaired) electrons. The smallest absolute Gasteiger partial charge is 0.303 e. The van der Waals surface area contributed by atoms with E-state index in [1.54, 1.807) is 0 Å². The number of ether oxygens (including phenoxy) is 1. The number of hydrogen-bond donors (Lipinski definition) is 0. The number of allylic oxidation sites excluding steroid dienone is 1. The molecule has 0 aliphatic heterocycles. The number of rotatable bonds is 6. The number of carbonyl (C=O) groups excluding carboxylic acids is 1. The van der Waals surface area contributed by atoms with E-state index in [9.17, 15) is 4.79 Å². The number of carbonyl (C=O) groups is 1. The largest absolute Gasteiger partial charge is 0.460 e. The summed E-state index contributed by atoms with van der Waals surface area (Å²) in [5.41, 5.74) is 0.740.